The fourth-order valence-electron chi connectivity index (χ4n) is 0.276. The zero-order valence-electron chi connectivity index (χ0n) is 6.70. The lowest BCUT2D eigenvalue weighted by molar-refractivity contribution is 1.28. The van der Waals surface area contributed by atoms with E-state index in [1.165, 1.54) is 0 Å². The molecule has 0 aliphatic rings. The molecule has 1 heterocycles. The standard InChI is InChI=1S/C5H3BrClN/c6-5-3-4(7)1-2-8-5/h1-3H/i1D,2D,3D. The molecule has 0 fully saturated rings. The number of hydrogen-bond acceptors (Lipinski definition) is 1. The van der Waals surface area contributed by atoms with Crippen LogP contribution in [-0.2, 0) is 0 Å². The second-order valence-corrected chi connectivity index (χ2v) is 2.21. The summed E-state index contributed by atoms with van der Waals surface area (Å²) in [5.41, 5.74) is 0. The SMILES string of the molecule is [2H]c1nc(Br)c([2H])c(Cl)c1[2H]. The van der Waals surface area contributed by atoms with Gasteiger partial charge in [0, 0.05) is 11.2 Å². The lowest BCUT2D eigenvalue weighted by Crippen LogP contribution is -1.69. The smallest absolute Gasteiger partial charge is 0.107 e. The van der Waals surface area contributed by atoms with Gasteiger partial charge in [-0.1, -0.05) is 11.6 Å². The van der Waals surface area contributed by atoms with Gasteiger partial charge in [0.15, 0.2) is 0 Å². The third-order valence-corrected chi connectivity index (χ3v) is 1.10. The summed E-state index contributed by atoms with van der Waals surface area (Å²) in [6.45, 7) is 0. The molecular formula is C5H3BrClN. The molecule has 0 aliphatic heterocycles. The van der Waals surface area contributed by atoms with E-state index in [1.54, 1.807) is 0 Å². The summed E-state index contributed by atoms with van der Waals surface area (Å²) in [5, 5.41) is -0.0446. The Hall–Kier alpha value is -0.0800. The molecule has 1 aromatic rings. The van der Waals surface area contributed by atoms with E-state index in [9.17, 15) is 0 Å². The molecule has 0 radical (unpaired) electrons. The van der Waals surface area contributed by atoms with Crippen molar-refractivity contribution in [2.45, 2.75) is 0 Å². The van der Waals surface area contributed by atoms with Crippen LogP contribution in [0.2, 0.25) is 5.02 Å². The molecule has 0 amide bonds. The van der Waals surface area contributed by atoms with Crippen molar-refractivity contribution in [3.63, 3.8) is 0 Å². The fourth-order valence-corrected chi connectivity index (χ4v) is 0.809. The van der Waals surface area contributed by atoms with Gasteiger partial charge in [0.25, 0.3) is 0 Å². The van der Waals surface area contributed by atoms with Gasteiger partial charge in [0.1, 0.15) is 4.60 Å². The Morgan fingerprint density at radius 1 is 1.88 bits per heavy atom. The molecule has 0 atom stereocenters. The number of nitrogens with zero attached hydrogens (tertiary/aromatic N) is 1. The normalized spacial score (nSPS) is 14.5. The van der Waals surface area contributed by atoms with Crippen LogP contribution in [-0.4, -0.2) is 4.98 Å². The Morgan fingerprint density at radius 3 is 3.38 bits per heavy atom. The molecule has 0 saturated carbocycles. The van der Waals surface area contributed by atoms with Gasteiger partial charge in [-0.25, -0.2) is 4.98 Å². The van der Waals surface area contributed by atoms with Gasteiger partial charge < -0.3 is 0 Å². The van der Waals surface area contributed by atoms with Crippen LogP contribution in [0.5, 0.6) is 0 Å². The maximum absolute atomic E-state index is 7.24. The van der Waals surface area contributed by atoms with Gasteiger partial charge >= 0.3 is 0 Å². The quantitative estimate of drug-likeness (QED) is 0.580. The maximum atomic E-state index is 7.24. The summed E-state index contributed by atoms with van der Waals surface area (Å²) in [5.74, 6) is 0. The topological polar surface area (TPSA) is 12.9 Å². The highest BCUT2D eigenvalue weighted by Crippen LogP contribution is 2.11. The lowest BCUT2D eigenvalue weighted by Gasteiger charge is -1.86. The van der Waals surface area contributed by atoms with Crippen LogP contribution in [0.1, 0.15) is 4.11 Å². The van der Waals surface area contributed by atoms with Crippen molar-refractivity contribution < 1.29 is 4.11 Å². The minimum atomic E-state index is -0.224. The van der Waals surface area contributed by atoms with Crippen molar-refractivity contribution in [1.82, 2.24) is 4.98 Å². The average Bonchev–Trinajstić information content (AvgIpc) is 1.97. The molecule has 0 spiro atoms. The molecule has 3 heteroatoms. The summed E-state index contributed by atoms with van der Waals surface area (Å²) >= 11 is 8.47. The summed E-state index contributed by atoms with van der Waals surface area (Å²) in [4.78, 5) is 3.56. The van der Waals surface area contributed by atoms with Gasteiger partial charge in [-0.2, -0.15) is 0 Å². The molecule has 1 nitrogen and oxygen atoms in total. The van der Waals surface area contributed by atoms with Crippen LogP contribution in [0.4, 0.5) is 0 Å². The minimum absolute atomic E-state index is 0.0446. The van der Waals surface area contributed by atoms with Gasteiger partial charge in [-0.3, -0.25) is 0 Å². The predicted molar refractivity (Wildman–Crippen MR) is 36.9 cm³/mol. The monoisotopic (exact) mass is 194 g/mol. The maximum Gasteiger partial charge on any atom is 0.107 e. The number of hydrogen-bond donors (Lipinski definition) is 0. The highest BCUT2D eigenvalue weighted by atomic mass is 79.9. The number of rotatable bonds is 0. The van der Waals surface area contributed by atoms with E-state index in [2.05, 4.69) is 20.9 Å². The Balaban J connectivity index is 3.46. The molecule has 0 unspecified atom stereocenters. The van der Waals surface area contributed by atoms with Gasteiger partial charge in [0.2, 0.25) is 0 Å². The van der Waals surface area contributed by atoms with Crippen LogP contribution in [0.3, 0.4) is 0 Å². The lowest BCUT2D eigenvalue weighted by atomic mass is 10.5. The third-order valence-electron chi connectivity index (χ3n) is 0.533. The Morgan fingerprint density at radius 2 is 2.62 bits per heavy atom. The van der Waals surface area contributed by atoms with Crippen molar-refractivity contribution in [3.8, 4) is 0 Å². The molecular weight excluding hydrogens is 189 g/mol. The number of halogens is 2. The highest BCUT2D eigenvalue weighted by molar-refractivity contribution is 9.10. The minimum Gasteiger partial charge on any atom is -0.249 e. The third kappa shape index (κ3) is 1.46. The van der Waals surface area contributed by atoms with Crippen LogP contribution in [0.15, 0.2) is 22.9 Å². The van der Waals surface area contributed by atoms with Gasteiger partial charge in [0.05, 0.1) is 4.11 Å². The zero-order chi connectivity index (χ0) is 8.59. The van der Waals surface area contributed by atoms with E-state index in [-0.39, 0.29) is 27.9 Å². The van der Waals surface area contributed by atoms with Crippen molar-refractivity contribution >= 4 is 27.5 Å². The number of aromatic nitrogens is 1. The van der Waals surface area contributed by atoms with Crippen LogP contribution in [0, 0.1) is 0 Å². The van der Waals surface area contributed by atoms with E-state index < -0.39 is 0 Å². The molecule has 1 rings (SSSR count). The van der Waals surface area contributed by atoms with Crippen molar-refractivity contribution in [2.24, 2.45) is 0 Å². The Bertz CT molecular complexity index is 278. The highest BCUT2D eigenvalue weighted by Gasteiger charge is 1.85. The predicted octanol–water partition coefficient (Wildman–Crippen LogP) is 2.50. The van der Waals surface area contributed by atoms with Crippen molar-refractivity contribution in [2.75, 3.05) is 0 Å². The van der Waals surface area contributed by atoms with Crippen molar-refractivity contribution in [1.29, 1.82) is 0 Å². The molecule has 0 bridgehead atoms. The van der Waals surface area contributed by atoms with Crippen LogP contribution < -0.4 is 0 Å². The Kier molecular flexibility index (Phi) is 0.980. The number of pyridine rings is 1. The molecule has 8 heavy (non-hydrogen) atoms. The second kappa shape index (κ2) is 2.46. The van der Waals surface area contributed by atoms with Gasteiger partial charge in [-0.05, 0) is 28.0 Å². The zero-order valence-corrected chi connectivity index (χ0v) is 6.05. The second-order valence-electron chi connectivity index (χ2n) is 1.08. The molecule has 0 N–H and O–H groups in total. The molecule has 1 aromatic heterocycles. The van der Waals surface area contributed by atoms with Gasteiger partial charge in [-0.15, -0.1) is 0 Å². The van der Waals surface area contributed by atoms with E-state index >= 15 is 0 Å². The fraction of sp³-hybridized carbons (Fsp3) is 0. The van der Waals surface area contributed by atoms with Crippen LogP contribution >= 0.6 is 27.5 Å². The molecule has 42 valence electrons. The first-order chi connectivity index (χ1) is 5.04. The summed E-state index contributed by atoms with van der Waals surface area (Å²) in [6.07, 6.45) is -0.224. The van der Waals surface area contributed by atoms with E-state index in [1.807, 2.05) is 0 Å². The molecule has 0 aromatic carbocycles. The summed E-state index contributed by atoms with van der Waals surface area (Å²) in [6, 6.07) is -0.257. The van der Waals surface area contributed by atoms with E-state index in [0.29, 0.717) is 0 Å². The molecule has 0 aliphatic carbocycles. The van der Waals surface area contributed by atoms with Crippen LogP contribution in [0.25, 0.3) is 0 Å². The van der Waals surface area contributed by atoms with E-state index in [4.69, 9.17) is 15.7 Å². The van der Waals surface area contributed by atoms with E-state index in [0.717, 1.165) is 0 Å². The summed E-state index contributed by atoms with van der Waals surface area (Å²) < 4.78 is 21.7. The largest absolute Gasteiger partial charge is 0.249 e. The first-order valence-corrected chi connectivity index (χ1v) is 3.00. The first kappa shape index (κ1) is 3.18. The first-order valence-electron chi connectivity index (χ1n) is 3.33. The Labute approximate surface area is 65.0 Å². The summed E-state index contributed by atoms with van der Waals surface area (Å²) in [7, 11) is 0. The average molecular weight is 195 g/mol. The molecule has 0 saturated heterocycles. The van der Waals surface area contributed by atoms with Crippen molar-refractivity contribution in [3.05, 3.63) is 27.9 Å².